The minimum Gasteiger partial charge on any atom is -0.309 e. The van der Waals surface area contributed by atoms with E-state index >= 15 is 0 Å². The van der Waals surface area contributed by atoms with Gasteiger partial charge in [-0.15, -0.1) is 0 Å². The van der Waals surface area contributed by atoms with E-state index in [4.69, 9.17) is 11.6 Å². The Hall–Kier alpha value is -1.45. The van der Waals surface area contributed by atoms with Crippen LogP contribution in [-0.2, 0) is 6.42 Å². The molecular weight excluding hydrogens is 246 g/mol. The van der Waals surface area contributed by atoms with Crippen LogP contribution in [0.1, 0.15) is 24.2 Å². The average Bonchev–Trinajstić information content (AvgIpc) is 2.42. The number of nitrogens with one attached hydrogen (secondary N) is 1. The van der Waals surface area contributed by atoms with Crippen LogP contribution in [0.4, 0.5) is 0 Å². The maximum Gasteiger partial charge on any atom is 0.115 e. The van der Waals surface area contributed by atoms with Gasteiger partial charge in [0.1, 0.15) is 6.33 Å². The topological polar surface area (TPSA) is 37.8 Å². The van der Waals surface area contributed by atoms with Crippen LogP contribution < -0.4 is 5.32 Å². The highest BCUT2D eigenvalue weighted by Gasteiger charge is 2.12. The molecule has 2 aromatic rings. The highest BCUT2D eigenvalue weighted by atomic mass is 35.5. The molecule has 0 fully saturated rings. The Morgan fingerprint density at radius 3 is 2.61 bits per heavy atom. The summed E-state index contributed by atoms with van der Waals surface area (Å²) in [7, 11) is 0. The molecule has 18 heavy (non-hydrogen) atoms. The van der Waals surface area contributed by atoms with Crippen molar-refractivity contribution in [3.05, 3.63) is 59.1 Å². The second kappa shape index (κ2) is 6.47. The molecule has 2 rings (SSSR count). The van der Waals surface area contributed by atoms with Gasteiger partial charge in [-0.1, -0.05) is 30.7 Å². The summed E-state index contributed by atoms with van der Waals surface area (Å²) in [5, 5.41) is 4.20. The molecule has 0 amide bonds. The summed E-state index contributed by atoms with van der Waals surface area (Å²) in [6.07, 6.45) is 4.25. The Labute approximate surface area is 112 Å². The second-order valence-electron chi connectivity index (χ2n) is 4.08. The summed E-state index contributed by atoms with van der Waals surface area (Å²) in [5.41, 5.74) is 2.26. The van der Waals surface area contributed by atoms with Crippen LogP contribution in [0.15, 0.2) is 42.9 Å². The number of halogens is 1. The number of rotatable bonds is 5. The third-order valence-electron chi connectivity index (χ3n) is 2.77. The van der Waals surface area contributed by atoms with Crippen molar-refractivity contribution in [1.82, 2.24) is 15.3 Å². The Morgan fingerprint density at radius 1 is 1.22 bits per heavy atom. The van der Waals surface area contributed by atoms with Gasteiger partial charge < -0.3 is 5.32 Å². The predicted molar refractivity (Wildman–Crippen MR) is 73.6 cm³/mol. The molecule has 3 nitrogen and oxygen atoms in total. The first-order valence-corrected chi connectivity index (χ1v) is 6.41. The number of hydrogen-bond acceptors (Lipinski definition) is 3. The Kier molecular flexibility index (Phi) is 4.67. The van der Waals surface area contributed by atoms with Gasteiger partial charge in [-0.2, -0.15) is 0 Å². The molecule has 1 unspecified atom stereocenters. The van der Waals surface area contributed by atoms with Crippen molar-refractivity contribution < 1.29 is 0 Å². The molecule has 0 aliphatic carbocycles. The number of nitrogens with zero attached hydrogens (tertiary/aromatic N) is 2. The number of aromatic nitrogens is 2. The van der Waals surface area contributed by atoms with Crippen molar-refractivity contribution in [2.45, 2.75) is 19.4 Å². The minimum absolute atomic E-state index is 0.208. The van der Waals surface area contributed by atoms with Crippen molar-refractivity contribution >= 4 is 11.6 Å². The van der Waals surface area contributed by atoms with E-state index in [0.717, 1.165) is 23.7 Å². The van der Waals surface area contributed by atoms with Crippen LogP contribution in [0.3, 0.4) is 0 Å². The molecule has 1 atom stereocenters. The number of benzene rings is 1. The number of hydrogen-bond donors (Lipinski definition) is 1. The molecule has 0 spiro atoms. The molecule has 0 radical (unpaired) electrons. The summed E-state index contributed by atoms with van der Waals surface area (Å²) in [4.78, 5) is 8.26. The summed E-state index contributed by atoms with van der Waals surface area (Å²) in [6.45, 7) is 3.00. The van der Waals surface area contributed by atoms with Crippen LogP contribution in [0.2, 0.25) is 5.02 Å². The van der Waals surface area contributed by atoms with Gasteiger partial charge in [0.15, 0.2) is 0 Å². The quantitative estimate of drug-likeness (QED) is 0.899. The summed E-state index contributed by atoms with van der Waals surface area (Å²) < 4.78 is 0. The smallest absolute Gasteiger partial charge is 0.115 e. The zero-order valence-electron chi connectivity index (χ0n) is 10.3. The average molecular weight is 262 g/mol. The Bertz CT molecular complexity index is 470. The van der Waals surface area contributed by atoms with Crippen LogP contribution in [-0.4, -0.2) is 16.5 Å². The van der Waals surface area contributed by atoms with Crippen molar-refractivity contribution in [3.8, 4) is 0 Å². The molecule has 0 aliphatic rings. The molecule has 94 valence electrons. The second-order valence-corrected chi connectivity index (χ2v) is 4.51. The fourth-order valence-electron chi connectivity index (χ4n) is 1.89. The lowest BCUT2D eigenvalue weighted by Gasteiger charge is -2.17. The molecule has 0 saturated carbocycles. The SMILES string of the molecule is CCNC(Cc1ccc(Cl)cc1)c1ccncn1. The first-order chi connectivity index (χ1) is 8.79. The van der Waals surface area contributed by atoms with Crippen molar-refractivity contribution in [3.63, 3.8) is 0 Å². The monoisotopic (exact) mass is 261 g/mol. The molecular formula is C14H16ClN3. The van der Waals surface area contributed by atoms with Gasteiger partial charge in [-0.3, -0.25) is 0 Å². The van der Waals surface area contributed by atoms with Gasteiger partial charge in [0.05, 0.1) is 11.7 Å². The van der Waals surface area contributed by atoms with Gasteiger partial charge in [-0.25, -0.2) is 9.97 Å². The molecule has 1 aromatic carbocycles. The molecule has 0 bridgehead atoms. The molecule has 1 N–H and O–H groups in total. The van der Waals surface area contributed by atoms with Crippen molar-refractivity contribution in [2.24, 2.45) is 0 Å². The lowest BCUT2D eigenvalue weighted by Crippen LogP contribution is -2.23. The first-order valence-electron chi connectivity index (χ1n) is 6.03. The molecule has 0 saturated heterocycles. The minimum atomic E-state index is 0.208. The lowest BCUT2D eigenvalue weighted by atomic mass is 10.0. The maximum atomic E-state index is 5.89. The third kappa shape index (κ3) is 3.52. The molecule has 4 heteroatoms. The number of likely N-dealkylation sites (N-methyl/N-ethyl adjacent to an activating group) is 1. The predicted octanol–water partition coefficient (Wildman–Crippen LogP) is 3.02. The van der Waals surface area contributed by atoms with Gasteiger partial charge >= 0.3 is 0 Å². The van der Waals surface area contributed by atoms with E-state index < -0.39 is 0 Å². The van der Waals surface area contributed by atoms with Crippen molar-refractivity contribution in [2.75, 3.05) is 6.54 Å². The van der Waals surface area contributed by atoms with E-state index in [2.05, 4.69) is 22.2 Å². The van der Waals surface area contributed by atoms with Gasteiger partial charge in [0, 0.05) is 11.2 Å². The van der Waals surface area contributed by atoms with Gasteiger partial charge in [0.25, 0.3) is 0 Å². The molecule has 0 aliphatic heterocycles. The van der Waals surface area contributed by atoms with Crippen LogP contribution >= 0.6 is 11.6 Å². The van der Waals surface area contributed by atoms with E-state index in [0.29, 0.717) is 0 Å². The Balaban J connectivity index is 2.14. The summed E-state index contributed by atoms with van der Waals surface area (Å²) in [5.74, 6) is 0. The normalized spacial score (nSPS) is 12.3. The van der Waals surface area contributed by atoms with E-state index in [9.17, 15) is 0 Å². The third-order valence-corrected chi connectivity index (χ3v) is 3.02. The zero-order valence-corrected chi connectivity index (χ0v) is 11.1. The standard InChI is InChI=1S/C14H16ClN3/c1-2-17-14(13-7-8-16-10-18-13)9-11-3-5-12(15)6-4-11/h3-8,10,14,17H,2,9H2,1H3. The van der Waals surface area contributed by atoms with Crippen molar-refractivity contribution in [1.29, 1.82) is 0 Å². The van der Waals surface area contributed by atoms with Gasteiger partial charge in [-0.05, 0) is 36.7 Å². The van der Waals surface area contributed by atoms with Crippen LogP contribution in [0.5, 0.6) is 0 Å². The van der Waals surface area contributed by atoms with Crippen LogP contribution in [0, 0.1) is 0 Å². The zero-order chi connectivity index (χ0) is 12.8. The molecule has 1 aromatic heterocycles. The fraction of sp³-hybridized carbons (Fsp3) is 0.286. The fourth-order valence-corrected chi connectivity index (χ4v) is 2.02. The molecule has 1 heterocycles. The van der Waals surface area contributed by atoms with E-state index in [1.54, 1.807) is 12.5 Å². The summed E-state index contributed by atoms with van der Waals surface area (Å²) >= 11 is 5.89. The first kappa shape index (κ1) is 13.0. The summed E-state index contributed by atoms with van der Waals surface area (Å²) in [6, 6.07) is 10.1. The van der Waals surface area contributed by atoms with Crippen LogP contribution in [0.25, 0.3) is 0 Å². The largest absolute Gasteiger partial charge is 0.309 e. The van der Waals surface area contributed by atoms with Gasteiger partial charge in [0.2, 0.25) is 0 Å². The highest BCUT2D eigenvalue weighted by Crippen LogP contribution is 2.17. The van der Waals surface area contributed by atoms with E-state index in [1.807, 2.05) is 30.3 Å². The van der Waals surface area contributed by atoms with E-state index in [-0.39, 0.29) is 6.04 Å². The highest BCUT2D eigenvalue weighted by molar-refractivity contribution is 6.30. The lowest BCUT2D eigenvalue weighted by molar-refractivity contribution is 0.535. The van der Waals surface area contributed by atoms with E-state index in [1.165, 1.54) is 5.56 Å². The Morgan fingerprint density at radius 2 is 2.00 bits per heavy atom. The maximum absolute atomic E-state index is 5.89.